The van der Waals surface area contributed by atoms with Gasteiger partial charge in [-0.2, -0.15) is 8.83 Å². The molecule has 0 aliphatic rings. The van der Waals surface area contributed by atoms with E-state index >= 15 is 0 Å². The summed E-state index contributed by atoms with van der Waals surface area (Å²) in [4.78, 5) is 20.0. The highest BCUT2D eigenvalue weighted by molar-refractivity contribution is 7.89. The number of hydrogen-bond donors (Lipinski definition) is 0. The Balaban J connectivity index is 4.45. The van der Waals surface area contributed by atoms with E-state index in [-0.39, 0.29) is 15.2 Å². The lowest BCUT2D eigenvalue weighted by Crippen LogP contribution is -2.28. The highest BCUT2D eigenvalue weighted by Crippen LogP contribution is 2.05. The fourth-order valence-electron chi connectivity index (χ4n) is 0.790. The van der Waals surface area contributed by atoms with Crippen LogP contribution in [0.15, 0.2) is 10.6 Å². The van der Waals surface area contributed by atoms with E-state index in [2.05, 4.69) is 10.6 Å². The molecule has 0 rings (SSSR count). The quantitative estimate of drug-likeness (QED) is 0.426. The summed E-state index contributed by atoms with van der Waals surface area (Å²) in [5.41, 5.74) is 0. The zero-order valence-corrected chi connectivity index (χ0v) is 10.8. The Morgan fingerprint density at radius 3 is 1.35 bits per heavy atom. The highest BCUT2D eigenvalue weighted by Gasteiger charge is 2.21. The molecular weight excluding hydrogens is 276 g/mol. The molecule has 0 atom stereocenters. The van der Waals surface area contributed by atoms with Crippen LogP contribution in [0.3, 0.4) is 0 Å². The van der Waals surface area contributed by atoms with Gasteiger partial charge < -0.3 is 0 Å². The van der Waals surface area contributed by atoms with Crippen molar-refractivity contribution >= 4 is 20.0 Å². The fourth-order valence-corrected chi connectivity index (χ4v) is 2.72. The summed E-state index contributed by atoms with van der Waals surface area (Å²) in [6, 6.07) is 0. The summed E-state index contributed by atoms with van der Waals surface area (Å²) >= 11 is 0. The molecule has 0 aromatic heterocycles. The van der Waals surface area contributed by atoms with Crippen LogP contribution in [0.2, 0.25) is 0 Å². The van der Waals surface area contributed by atoms with Gasteiger partial charge >= 0.3 is 0 Å². The van der Waals surface area contributed by atoms with Gasteiger partial charge in [0.2, 0.25) is 0 Å². The maximum absolute atomic E-state index is 11.2. The summed E-state index contributed by atoms with van der Waals surface area (Å²) in [6.07, 6.45) is -0.273. The van der Waals surface area contributed by atoms with Gasteiger partial charge in [-0.25, -0.2) is 16.8 Å². The second-order valence-corrected chi connectivity index (χ2v) is 7.22. The van der Waals surface area contributed by atoms with Crippen LogP contribution in [0.4, 0.5) is 0 Å². The summed E-state index contributed by atoms with van der Waals surface area (Å²) in [5, 5.41) is 4.39. The fraction of sp³-hybridized carbons (Fsp3) is 1.00. The minimum Gasteiger partial charge on any atom is -0.205 e. The second-order valence-electron chi connectivity index (χ2n) is 3.02. The van der Waals surface area contributed by atoms with Gasteiger partial charge in [0, 0.05) is 14.1 Å². The highest BCUT2D eigenvalue weighted by atomic mass is 32.2. The molecule has 0 fully saturated rings. The monoisotopic (exact) mass is 288 g/mol. The first-order chi connectivity index (χ1) is 7.67. The average molecular weight is 288 g/mol. The van der Waals surface area contributed by atoms with Crippen LogP contribution in [-0.4, -0.2) is 51.3 Å². The molecule has 0 aliphatic heterocycles. The van der Waals surface area contributed by atoms with Crippen molar-refractivity contribution in [1.82, 2.24) is 8.83 Å². The normalized spacial score (nSPS) is 11.9. The summed E-state index contributed by atoms with van der Waals surface area (Å²) < 4.78 is 45.3. The minimum atomic E-state index is -3.90. The van der Waals surface area contributed by atoms with Crippen molar-refractivity contribution in [3.8, 4) is 0 Å². The molecule has 0 spiro atoms. The zero-order valence-electron chi connectivity index (χ0n) is 9.18. The van der Waals surface area contributed by atoms with Crippen LogP contribution in [0.1, 0.15) is 6.42 Å². The Morgan fingerprint density at radius 2 is 1.12 bits per heavy atom. The van der Waals surface area contributed by atoms with E-state index in [9.17, 15) is 26.6 Å². The van der Waals surface area contributed by atoms with Crippen LogP contribution in [0.25, 0.3) is 0 Å². The smallest absolute Gasteiger partial charge is 0.205 e. The van der Waals surface area contributed by atoms with Crippen molar-refractivity contribution < 1.29 is 16.8 Å². The number of nitrogens with zero attached hydrogens (tertiary/aromatic N) is 4. The molecule has 0 aromatic rings. The van der Waals surface area contributed by atoms with Crippen molar-refractivity contribution in [3.05, 3.63) is 9.81 Å². The lowest BCUT2D eigenvalue weighted by Gasteiger charge is -2.11. The molecule has 10 nitrogen and oxygen atoms in total. The van der Waals surface area contributed by atoms with Gasteiger partial charge in [0.15, 0.2) is 0 Å². The van der Waals surface area contributed by atoms with E-state index in [1.54, 1.807) is 0 Å². The SMILES string of the molecule is CN(N=O)S(=O)(=O)CCCS(=O)(=O)N(C)N=O. The van der Waals surface area contributed by atoms with Gasteiger partial charge in [0.1, 0.15) is 0 Å². The van der Waals surface area contributed by atoms with Crippen molar-refractivity contribution in [1.29, 1.82) is 0 Å². The standard InChI is InChI=1S/C5H12N4O6S2/c1-8(6-10)16(12,13)4-3-5-17(14,15)9(2)7-11/h3-5H2,1-2H3. The second kappa shape index (κ2) is 5.86. The molecule has 0 N–H and O–H groups in total. The number of rotatable bonds is 8. The minimum absolute atomic E-state index is 0.210. The summed E-state index contributed by atoms with van der Waals surface area (Å²) in [6.45, 7) is 0. The largest absolute Gasteiger partial charge is 0.252 e. The molecule has 0 saturated heterocycles. The Morgan fingerprint density at radius 1 is 0.824 bits per heavy atom. The third-order valence-corrected chi connectivity index (χ3v) is 5.19. The molecule has 100 valence electrons. The summed E-state index contributed by atoms with van der Waals surface area (Å²) in [5.74, 6) is -1.14. The van der Waals surface area contributed by atoms with Gasteiger partial charge in [-0.1, -0.05) is 0 Å². The molecule has 12 heteroatoms. The number of hydrogen-bond acceptors (Lipinski definition) is 8. The molecule has 0 saturated carbocycles. The third kappa shape index (κ3) is 4.60. The first-order valence-corrected chi connectivity index (χ1v) is 7.49. The average Bonchev–Trinajstić information content (AvgIpc) is 2.25. The lowest BCUT2D eigenvalue weighted by atomic mass is 10.6. The zero-order chi connectivity index (χ0) is 13.7. The van der Waals surface area contributed by atoms with E-state index in [0.29, 0.717) is 0 Å². The maximum Gasteiger partial charge on any atom is 0.252 e. The van der Waals surface area contributed by atoms with Crippen molar-refractivity contribution in [2.75, 3.05) is 25.6 Å². The predicted octanol–water partition coefficient (Wildman–Crippen LogP) is -0.737. The molecule has 0 unspecified atom stereocenters. The van der Waals surface area contributed by atoms with E-state index in [4.69, 9.17) is 0 Å². The molecule has 0 aliphatic carbocycles. The van der Waals surface area contributed by atoms with Crippen molar-refractivity contribution in [2.24, 2.45) is 10.6 Å². The van der Waals surface area contributed by atoms with Gasteiger partial charge in [0.05, 0.1) is 22.1 Å². The number of sulfonamides is 2. The van der Waals surface area contributed by atoms with Crippen molar-refractivity contribution in [2.45, 2.75) is 6.42 Å². The van der Waals surface area contributed by atoms with E-state index in [1.165, 1.54) is 0 Å². The van der Waals surface area contributed by atoms with Gasteiger partial charge in [-0.3, -0.25) is 0 Å². The van der Waals surface area contributed by atoms with Crippen LogP contribution in [0, 0.1) is 9.81 Å². The predicted molar refractivity (Wildman–Crippen MR) is 59.3 cm³/mol. The maximum atomic E-state index is 11.2. The third-order valence-electron chi connectivity index (χ3n) is 1.84. The molecular formula is C5H12N4O6S2. The molecule has 0 aromatic carbocycles. The molecule has 17 heavy (non-hydrogen) atoms. The summed E-state index contributed by atoms with van der Waals surface area (Å²) in [7, 11) is -5.92. The Kier molecular flexibility index (Phi) is 5.41. The van der Waals surface area contributed by atoms with Crippen LogP contribution in [-0.2, 0) is 20.0 Å². The van der Waals surface area contributed by atoms with E-state index in [0.717, 1.165) is 14.1 Å². The van der Waals surface area contributed by atoms with Crippen molar-refractivity contribution in [3.63, 3.8) is 0 Å². The van der Waals surface area contributed by atoms with Crippen LogP contribution < -0.4 is 0 Å². The first kappa shape index (κ1) is 15.7. The molecule has 0 bridgehead atoms. The topological polar surface area (TPSA) is 134 Å². The van der Waals surface area contributed by atoms with Gasteiger partial charge in [0.25, 0.3) is 20.0 Å². The van der Waals surface area contributed by atoms with Crippen LogP contribution >= 0.6 is 0 Å². The lowest BCUT2D eigenvalue weighted by molar-refractivity contribution is 0.479. The molecule has 0 heterocycles. The first-order valence-electron chi connectivity index (χ1n) is 4.27. The van der Waals surface area contributed by atoms with E-state index < -0.39 is 31.6 Å². The number of nitroso groups, excluding NO2 is 2. The Hall–Kier alpha value is -1.30. The Labute approximate surface area is 98.6 Å². The molecule has 0 amide bonds. The molecule has 0 radical (unpaired) electrons. The van der Waals surface area contributed by atoms with E-state index in [1.807, 2.05) is 0 Å². The van der Waals surface area contributed by atoms with Gasteiger partial charge in [-0.05, 0) is 6.42 Å². The van der Waals surface area contributed by atoms with Gasteiger partial charge in [-0.15, -0.1) is 9.81 Å². The Bertz CT molecular complexity index is 427. The van der Waals surface area contributed by atoms with Crippen LogP contribution in [0.5, 0.6) is 0 Å².